The number of nitrogens with zero attached hydrogens (tertiary/aromatic N) is 4. The van der Waals surface area contributed by atoms with Gasteiger partial charge in [0.2, 0.25) is 0 Å². The highest BCUT2D eigenvalue weighted by molar-refractivity contribution is 6.33. The van der Waals surface area contributed by atoms with Gasteiger partial charge in [-0.15, -0.1) is 0 Å². The number of imidazole rings is 1. The van der Waals surface area contributed by atoms with Crippen LogP contribution >= 0.6 is 23.2 Å². The fraction of sp³-hybridized carbons (Fsp3) is 0.286. The molecule has 2 aromatic heterocycles. The third-order valence-corrected chi connectivity index (χ3v) is 2.18. The van der Waals surface area contributed by atoms with Crippen molar-refractivity contribution in [1.82, 2.24) is 19.5 Å². The summed E-state index contributed by atoms with van der Waals surface area (Å²) in [5.41, 5.74) is 1.04. The van der Waals surface area contributed by atoms with Crippen LogP contribution in [-0.2, 0) is 0 Å². The van der Waals surface area contributed by atoms with Gasteiger partial charge >= 0.3 is 0 Å². The minimum absolute atomic E-state index is 0.198. The summed E-state index contributed by atoms with van der Waals surface area (Å²) in [4.78, 5) is 11.9. The topological polar surface area (TPSA) is 43.6 Å². The van der Waals surface area contributed by atoms with E-state index < -0.39 is 0 Å². The smallest absolute Gasteiger partial charge is 0.166 e. The lowest BCUT2D eigenvalue weighted by Gasteiger charge is -2.03. The van der Waals surface area contributed by atoms with Gasteiger partial charge in [0.25, 0.3) is 0 Å². The quantitative estimate of drug-likeness (QED) is 0.543. The van der Waals surface area contributed by atoms with Crippen LogP contribution in [0.1, 0.15) is 12.4 Å². The Bertz CT molecular complexity index is 437. The van der Waals surface area contributed by atoms with Crippen molar-refractivity contribution in [2.24, 2.45) is 0 Å². The van der Waals surface area contributed by atoms with Crippen molar-refractivity contribution in [1.29, 1.82) is 0 Å². The van der Waals surface area contributed by atoms with Crippen molar-refractivity contribution in [3.63, 3.8) is 0 Å². The average Bonchev–Trinajstić information content (AvgIpc) is 2.48. The largest absolute Gasteiger partial charge is 0.298 e. The second-order valence-electron chi connectivity index (χ2n) is 2.56. The van der Waals surface area contributed by atoms with Gasteiger partial charge in [0.1, 0.15) is 17.3 Å². The molecule has 0 spiro atoms. The molecule has 0 bridgehead atoms. The van der Waals surface area contributed by atoms with E-state index in [1.165, 1.54) is 6.33 Å². The minimum atomic E-state index is -0.198. The lowest BCUT2D eigenvalue weighted by atomic mass is 10.5. The highest BCUT2D eigenvalue weighted by Crippen LogP contribution is 2.21. The average molecular weight is 217 g/mol. The Morgan fingerprint density at radius 1 is 1.38 bits per heavy atom. The molecule has 1 unspecified atom stereocenters. The van der Waals surface area contributed by atoms with E-state index in [-0.39, 0.29) is 5.50 Å². The zero-order valence-electron chi connectivity index (χ0n) is 6.78. The molecule has 0 saturated carbocycles. The van der Waals surface area contributed by atoms with Crippen LogP contribution in [0.25, 0.3) is 11.2 Å². The number of fused-ring (bicyclic) bond motifs is 1. The molecule has 0 saturated heterocycles. The van der Waals surface area contributed by atoms with Gasteiger partial charge in [0, 0.05) is 0 Å². The zero-order valence-corrected chi connectivity index (χ0v) is 8.29. The number of aromatic nitrogens is 4. The van der Waals surface area contributed by atoms with E-state index in [1.54, 1.807) is 10.9 Å². The molecule has 2 aromatic rings. The molecule has 2 rings (SSSR count). The van der Waals surface area contributed by atoms with Crippen LogP contribution in [0.4, 0.5) is 0 Å². The minimum Gasteiger partial charge on any atom is -0.298 e. The van der Waals surface area contributed by atoms with Gasteiger partial charge in [0.15, 0.2) is 10.8 Å². The highest BCUT2D eigenvalue weighted by Gasteiger charge is 2.10. The van der Waals surface area contributed by atoms with E-state index >= 15 is 0 Å². The lowest BCUT2D eigenvalue weighted by molar-refractivity contribution is 0.743. The van der Waals surface area contributed by atoms with Crippen molar-refractivity contribution in [3.8, 4) is 0 Å². The van der Waals surface area contributed by atoms with Crippen LogP contribution < -0.4 is 0 Å². The predicted octanol–water partition coefficient (Wildman–Crippen LogP) is 2.24. The molecule has 0 aliphatic heterocycles. The molecule has 4 nitrogen and oxygen atoms in total. The van der Waals surface area contributed by atoms with E-state index in [0.29, 0.717) is 16.3 Å². The Balaban J connectivity index is 2.75. The second-order valence-corrected chi connectivity index (χ2v) is 3.55. The number of halogens is 2. The SMILES string of the molecule is CC(Cl)n1cnc2c(Cl)ncnc21. The first-order valence-electron chi connectivity index (χ1n) is 3.67. The molecule has 6 heteroatoms. The van der Waals surface area contributed by atoms with E-state index in [1.807, 2.05) is 6.92 Å². The summed E-state index contributed by atoms with van der Waals surface area (Å²) in [6, 6.07) is 0. The molecule has 0 fully saturated rings. The number of hydrogen-bond donors (Lipinski definition) is 0. The zero-order chi connectivity index (χ0) is 9.42. The third-order valence-electron chi connectivity index (χ3n) is 1.70. The summed E-state index contributed by atoms with van der Waals surface area (Å²) in [7, 11) is 0. The Hall–Kier alpha value is -0.870. The second kappa shape index (κ2) is 3.12. The molecule has 0 amide bonds. The summed E-state index contributed by atoms with van der Waals surface area (Å²) >= 11 is 11.7. The fourth-order valence-corrected chi connectivity index (χ4v) is 1.40. The van der Waals surface area contributed by atoms with Crippen molar-refractivity contribution in [3.05, 3.63) is 17.8 Å². The maximum atomic E-state index is 5.90. The standard InChI is InChI=1S/C7H6Cl2N4/c1-4(8)13-3-12-5-6(9)10-2-11-7(5)13/h2-4H,1H3. The molecular formula is C7H6Cl2N4. The first-order chi connectivity index (χ1) is 6.20. The molecule has 0 N–H and O–H groups in total. The third kappa shape index (κ3) is 1.36. The maximum absolute atomic E-state index is 5.90. The van der Waals surface area contributed by atoms with E-state index in [9.17, 15) is 0 Å². The van der Waals surface area contributed by atoms with Gasteiger partial charge in [-0.05, 0) is 6.92 Å². The van der Waals surface area contributed by atoms with Crippen LogP contribution in [0.5, 0.6) is 0 Å². The Morgan fingerprint density at radius 2 is 2.15 bits per heavy atom. The number of hydrogen-bond acceptors (Lipinski definition) is 3. The van der Waals surface area contributed by atoms with Crippen molar-refractivity contribution in [2.75, 3.05) is 0 Å². The van der Waals surface area contributed by atoms with Gasteiger partial charge < -0.3 is 0 Å². The van der Waals surface area contributed by atoms with Gasteiger partial charge in [-0.3, -0.25) is 4.57 Å². The van der Waals surface area contributed by atoms with E-state index in [4.69, 9.17) is 23.2 Å². The molecule has 0 aliphatic rings. The molecule has 0 radical (unpaired) electrons. The normalized spacial score (nSPS) is 13.5. The number of alkyl halides is 1. The molecule has 1 atom stereocenters. The Kier molecular flexibility index (Phi) is 2.09. The van der Waals surface area contributed by atoms with Crippen LogP contribution in [0.15, 0.2) is 12.7 Å². The van der Waals surface area contributed by atoms with Crippen molar-refractivity contribution in [2.45, 2.75) is 12.4 Å². The van der Waals surface area contributed by atoms with Gasteiger partial charge in [-0.25, -0.2) is 15.0 Å². The Labute approximate surface area is 84.5 Å². The molecule has 68 valence electrons. The summed E-state index contributed by atoms with van der Waals surface area (Å²) in [5.74, 6) is 0. The molecule has 0 aromatic carbocycles. The molecular weight excluding hydrogens is 211 g/mol. The van der Waals surface area contributed by atoms with E-state index in [2.05, 4.69) is 15.0 Å². The monoisotopic (exact) mass is 216 g/mol. The maximum Gasteiger partial charge on any atom is 0.166 e. The summed E-state index contributed by atoms with van der Waals surface area (Å²) in [6.45, 7) is 1.83. The molecule has 0 aliphatic carbocycles. The van der Waals surface area contributed by atoms with Crippen molar-refractivity contribution >= 4 is 34.4 Å². The first kappa shape index (κ1) is 8.72. The fourth-order valence-electron chi connectivity index (χ4n) is 1.08. The van der Waals surface area contributed by atoms with Crippen LogP contribution in [-0.4, -0.2) is 19.5 Å². The van der Waals surface area contributed by atoms with Crippen LogP contribution in [0, 0.1) is 0 Å². The van der Waals surface area contributed by atoms with Gasteiger partial charge in [-0.1, -0.05) is 23.2 Å². The van der Waals surface area contributed by atoms with Crippen LogP contribution in [0.2, 0.25) is 5.15 Å². The molecule has 13 heavy (non-hydrogen) atoms. The lowest BCUT2D eigenvalue weighted by Crippen LogP contribution is -1.97. The summed E-state index contributed by atoms with van der Waals surface area (Å²) < 4.78 is 1.73. The van der Waals surface area contributed by atoms with Gasteiger partial charge in [-0.2, -0.15) is 0 Å². The molecule has 2 heterocycles. The van der Waals surface area contributed by atoms with Crippen molar-refractivity contribution < 1.29 is 0 Å². The first-order valence-corrected chi connectivity index (χ1v) is 4.48. The summed E-state index contributed by atoms with van der Waals surface area (Å²) in [6.07, 6.45) is 2.99. The predicted molar refractivity (Wildman–Crippen MR) is 50.9 cm³/mol. The van der Waals surface area contributed by atoms with Gasteiger partial charge in [0.05, 0.1) is 6.33 Å². The highest BCUT2D eigenvalue weighted by atomic mass is 35.5. The summed E-state index contributed by atoms with van der Waals surface area (Å²) in [5, 5.41) is 0.348. The Morgan fingerprint density at radius 3 is 2.85 bits per heavy atom. The van der Waals surface area contributed by atoms with Crippen LogP contribution in [0.3, 0.4) is 0 Å². The van der Waals surface area contributed by atoms with E-state index in [0.717, 1.165) is 0 Å². The number of rotatable bonds is 1.